The normalized spacial score (nSPS) is 22.9. The van der Waals surface area contributed by atoms with Crippen LogP contribution in [0, 0.1) is 5.92 Å². The van der Waals surface area contributed by atoms with Crippen molar-refractivity contribution in [1.82, 2.24) is 4.90 Å². The minimum atomic E-state index is -0.765. The van der Waals surface area contributed by atoms with Gasteiger partial charge in [-0.3, -0.25) is 9.59 Å². The molecule has 1 N–H and O–H groups in total. The Hall–Kier alpha value is -1.10. The molecule has 1 saturated heterocycles. The maximum atomic E-state index is 12.5. The van der Waals surface area contributed by atoms with Gasteiger partial charge in [0.15, 0.2) is 0 Å². The fraction of sp³-hybridized carbons (Fsp3) is 0.857. The number of carboxylic acid groups (broad SMARTS) is 1. The van der Waals surface area contributed by atoms with Crippen LogP contribution in [-0.4, -0.2) is 47.7 Å². The van der Waals surface area contributed by atoms with Crippen molar-refractivity contribution in [1.29, 1.82) is 0 Å². The monoisotopic (exact) mass is 271 g/mol. The van der Waals surface area contributed by atoms with Crippen molar-refractivity contribution in [2.75, 3.05) is 20.2 Å². The molecule has 0 bridgehead atoms. The second-order valence-corrected chi connectivity index (χ2v) is 5.48. The van der Waals surface area contributed by atoms with Crippen LogP contribution in [0.2, 0.25) is 0 Å². The lowest BCUT2D eigenvalue weighted by Gasteiger charge is -2.38. The molecule has 0 aromatic rings. The number of piperidine rings is 1. The van der Waals surface area contributed by atoms with E-state index in [0.717, 1.165) is 19.4 Å². The van der Waals surface area contributed by atoms with Crippen LogP contribution in [0.15, 0.2) is 0 Å². The SMILES string of the molecule is CCC(C)(OC)C(=O)N1CCCC(CCC(=O)O)C1. The summed E-state index contributed by atoms with van der Waals surface area (Å²) in [5, 5.41) is 8.72. The van der Waals surface area contributed by atoms with E-state index in [1.54, 1.807) is 7.11 Å². The topological polar surface area (TPSA) is 66.8 Å². The molecule has 2 atom stereocenters. The van der Waals surface area contributed by atoms with Gasteiger partial charge in [-0.1, -0.05) is 6.92 Å². The highest BCUT2D eigenvalue weighted by molar-refractivity contribution is 5.84. The van der Waals surface area contributed by atoms with Crippen LogP contribution in [0.3, 0.4) is 0 Å². The van der Waals surface area contributed by atoms with Gasteiger partial charge in [-0.05, 0) is 38.5 Å². The van der Waals surface area contributed by atoms with Crippen LogP contribution < -0.4 is 0 Å². The first-order valence-corrected chi connectivity index (χ1v) is 6.99. The van der Waals surface area contributed by atoms with E-state index in [1.165, 1.54) is 0 Å². The number of methoxy groups -OCH3 is 1. The Balaban J connectivity index is 2.59. The van der Waals surface area contributed by atoms with E-state index in [4.69, 9.17) is 9.84 Å². The Morgan fingerprint density at radius 3 is 2.68 bits per heavy atom. The second kappa shape index (κ2) is 6.89. The van der Waals surface area contributed by atoms with Gasteiger partial charge in [0, 0.05) is 26.6 Å². The number of likely N-dealkylation sites (tertiary alicyclic amines) is 1. The van der Waals surface area contributed by atoms with E-state index in [-0.39, 0.29) is 12.3 Å². The molecule has 19 heavy (non-hydrogen) atoms. The summed E-state index contributed by atoms with van der Waals surface area (Å²) in [6, 6.07) is 0. The quantitative estimate of drug-likeness (QED) is 0.801. The number of hydrogen-bond acceptors (Lipinski definition) is 3. The summed E-state index contributed by atoms with van der Waals surface area (Å²) < 4.78 is 5.35. The van der Waals surface area contributed by atoms with E-state index in [9.17, 15) is 9.59 Å². The largest absolute Gasteiger partial charge is 0.481 e. The Morgan fingerprint density at radius 1 is 1.47 bits per heavy atom. The molecule has 2 unspecified atom stereocenters. The van der Waals surface area contributed by atoms with Crippen molar-refractivity contribution in [3.63, 3.8) is 0 Å². The Bertz CT molecular complexity index is 325. The van der Waals surface area contributed by atoms with Crippen molar-refractivity contribution in [2.24, 2.45) is 5.92 Å². The Kier molecular flexibility index (Phi) is 5.79. The molecule has 0 aromatic carbocycles. The van der Waals surface area contributed by atoms with Crippen LogP contribution in [-0.2, 0) is 14.3 Å². The van der Waals surface area contributed by atoms with Gasteiger partial charge in [0.1, 0.15) is 5.60 Å². The molecule has 5 nitrogen and oxygen atoms in total. The highest BCUT2D eigenvalue weighted by Gasteiger charge is 2.36. The predicted octanol–water partition coefficient (Wildman–Crippen LogP) is 1.90. The third-order valence-corrected chi connectivity index (χ3v) is 4.15. The van der Waals surface area contributed by atoms with Gasteiger partial charge in [-0.2, -0.15) is 0 Å². The third kappa shape index (κ3) is 4.20. The van der Waals surface area contributed by atoms with Crippen molar-refractivity contribution in [3.8, 4) is 0 Å². The van der Waals surface area contributed by atoms with Gasteiger partial charge in [0.05, 0.1) is 0 Å². The molecule has 110 valence electrons. The van der Waals surface area contributed by atoms with E-state index in [0.29, 0.717) is 25.3 Å². The minimum absolute atomic E-state index is 0.0255. The summed E-state index contributed by atoms with van der Waals surface area (Å²) in [7, 11) is 1.56. The number of hydrogen-bond donors (Lipinski definition) is 1. The zero-order chi connectivity index (χ0) is 14.5. The summed E-state index contributed by atoms with van der Waals surface area (Å²) in [4.78, 5) is 24.9. The molecule has 1 fully saturated rings. The predicted molar refractivity (Wildman–Crippen MR) is 71.9 cm³/mol. The molecule has 0 aromatic heterocycles. The zero-order valence-corrected chi connectivity index (χ0v) is 12.1. The summed E-state index contributed by atoms with van der Waals surface area (Å²) in [5.41, 5.74) is -0.755. The number of carbonyl (C=O) groups is 2. The number of nitrogens with zero attached hydrogens (tertiary/aromatic N) is 1. The molecule has 1 heterocycles. The minimum Gasteiger partial charge on any atom is -0.481 e. The number of amides is 1. The molecule has 0 aliphatic carbocycles. The summed E-state index contributed by atoms with van der Waals surface area (Å²) >= 11 is 0. The number of rotatable bonds is 6. The molecule has 1 rings (SSSR count). The van der Waals surface area contributed by atoms with Crippen molar-refractivity contribution < 1.29 is 19.4 Å². The standard InChI is InChI=1S/C14H25NO4/c1-4-14(2,19-3)13(18)15-9-5-6-11(10-15)7-8-12(16)17/h11H,4-10H2,1-3H3,(H,16,17). The fourth-order valence-corrected chi connectivity index (χ4v) is 2.53. The maximum absolute atomic E-state index is 12.5. The van der Waals surface area contributed by atoms with E-state index in [1.807, 2.05) is 18.7 Å². The average molecular weight is 271 g/mol. The first kappa shape index (κ1) is 16.0. The zero-order valence-electron chi connectivity index (χ0n) is 12.1. The molecular formula is C14H25NO4. The van der Waals surface area contributed by atoms with Crippen LogP contribution >= 0.6 is 0 Å². The first-order valence-electron chi connectivity index (χ1n) is 6.99. The molecule has 5 heteroatoms. The lowest BCUT2D eigenvalue weighted by atomic mass is 9.91. The lowest BCUT2D eigenvalue weighted by molar-refractivity contribution is -0.155. The van der Waals surface area contributed by atoms with Crippen molar-refractivity contribution in [2.45, 2.75) is 51.6 Å². The van der Waals surface area contributed by atoms with Gasteiger partial charge in [-0.15, -0.1) is 0 Å². The maximum Gasteiger partial charge on any atom is 0.303 e. The number of ether oxygens (including phenoxy) is 1. The first-order chi connectivity index (χ1) is 8.92. The highest BCUT2D eigenvalue weighted by Crippen LogP contribution is 2.25. The molecule has 0 saturated carbocycles. The smallest absolute Gasteiger partial charge is 0.303 e. The van der Waals surface area contributed by atoms with Crippen LogP contribution in [0.4, 0.5) is 0 Å². The molecule has 1 aliphatic heterocycles. The van der Waals surface area contributed by atoms with Gasteiger partial charge >= 0.3 is 5.97 Å². The van der Waals surface area contributed by atoms with E-state index in [2.05, 4.69) is 0 Å². The average Bonchev–Trinajstić information content (AvgIpc) is 2.43. The van der Waals surface area contributed by atoms with Gasteiger partial charge < -0.3 is 14.7 Å². The molecule has 0 radical (unpaired) electrons. The summed E-state index contributed by atoms with van der Waals surface area (Å²) in [6.07, 6.45) is 3.42. The van der Waals surface area contributed by atoms with E-state index < -0.39 is 11.6 Å². The second-order valence-electron chi connectivity index (χ2n) is 5.48. The molecule has 0 spiro atoms. The fourth-order valence-electron chi connectivity index (χ4n) is 2.53. The number of aliphatic carboxylic acids is 1. The van der Waals surface area contributed by atoms with Crippen molar-refractivity contribution in [3.05, 3.63) is 0 Å². The number of carbonyl (C=O) groups excluding carboxylic acids is 1. The lowest BCUT2D eigenvalue weighted by Crippen LogP contribution is -2.51. The van der Waals surface area contributed by atoms with Crippen LogP contribution in [0.25, 0.3) is 0 Å². The molecule has 1 amide bonds. The van der Waals surface area contributed by atoms with Crippen molar-refractivity contribution >= 4 is 11.9 Å². The molecular weight excluding hydrogens is 246 g/mol. The van der Waals surface area contributed by atoms with Gasteiger partial charge in [0.2, 0.25) is 0 Å². The Morgan fingerprint density at radius 2 is 2.16 bits per heavy atom. The van der Waals surface area contributed by atoms with Crippen LogP contribution in [0.1, 0.15) is 46.0 Å². The van der Waals surface area contributed by atoms with Gasteiger partial charge in [-0.25, -0.2) is 0 Å². The van der Waals surface area contributed by atoms with E-state index >= 15 is 0 Å². The Labute approximate surface area is 114 Å². The summed E-state index contributed by atoms with van der Waals surface area (Å²) in [6.45, 7) is 5.16. The van der Waals surface area contributed by atoms with Crippen LogP contribution in [0.5, 0.6) is 0 Å². The molecule has 1 aliphatic rings. The summed E-state index contributed by atoms with van der Waals surface area (Å²) in [5.74, 6) is -0.442. The van der Waals surface area contributed by atoms with Gasteiger partial charge in [0.25, 0.3) is 5.91 Å². The number of carboxylic acids is 1. The highest BCUT2D eigenvalue weighted by atomic mass is 16.5. The third-order valence-electron chi connectivity index (χ3n) is 4.15.